The summed E-state index contributed by atoms with van der Waals surface area (Å²) in [5.74, 6) is 1.59. The highest BCUT2D eigenvalue weighted by atomic mass is 16.5. The van der Waals surface area contributed by atoms with Gasteiger partial charge in [-0.1, -0.05) is 12.1 Å². The molecule has 4 heteroatoms. The van der Waals surface area contributed by atoms with Crippen molar-refractivity contribution in [3.05, 3.63) is 29.8 Å². The molecule has 1 amide bonds. The molecule has 2 rings (SSSR count). The first-order chi connectivity index (χ1) is 9.78. The summed E-state index contributed by atoms with van der Waals surface area (Å²) in [6.07, 6.45) is 4.01. The number of benzene rings is 1. The van der Waals surface area contributed by atoms with Crippen LogP contribution in [0, 0.1) is 5.92 Å². The average molecular weight is 276 g/mol. The Kier molecular flexibility index (Phi) is 5.87. The van der Waals surface area contributed by atoms with E-state index >= 15 is 0 Å². The van der Waals surface area contributed by atoms with Gasteiger partial charge in [-0.2, -0.15) is 0 Å². The third-order valence-electron chi connectivity index (χ3n) is 3.77. The van der Waals surface area contributed by atoms with E-state index in [4.69, 9.17) is 4.74 Å². The molecule has 1 aliphatic heterocycles. The van der Waals surface area contributed by atoms with Gasteiger partial charge in [0.2, 0.25) is 5.91 Å². The van der Waals surface area contributed by atoms with Crippen LogP contribution in [0.3, 0.4) is 0 Å². The average Bonchev–Trinajstić information content (AvgIpc) is 2.48. The molecule has 2 N–H and O–H groups in total. The molecule has 0 radical (unpaired) electrons. The van der Waals surface area contributed by atoms with Crippen LogP contribution in [0.25, 0.3) is 0 Å². The van der Waals surface area contributed by atoms with Gasteiger partial charge in [0.05, 0.1) is 13.5 Å². The van der Waals surface area contributed by atoms with Gasteiger partial charge in [-0.15, -0.1) is 0 Å². The van der Waals surface area contributed by atoms with E-state index in [0.717, 1.165) is 37.4 Å². The zero-order valence-electron chi connectivity index (χ0n) is 12.2. The van der Waals surface area contributed by atoms with Crippen LogP contribution in [0.15, 0.2) is 24.3 Å². The zero-order valence-corrected chi connectivity index (χ0v) is 12.2. The molecule has 1 fully saturated rings. The molecule has 0 bridgehead atoms. The molecule has 1 aromatic rings. The topological polar surface area (TPSA) is 50.4 Å². The lowest BCUT2D eigenvalue weighted by atomic mass is 9.96. The van der Waals surface area contributed by atoms with Crippen LogP contribution in [0.1, 0.15) is 24.8 Å². The Hall–Kier alpha value is -1.55. The van der Waals surface area contributed by atoms with Crippen molar-refractivity contribution in [2.75, 3.05) is 26.7 Å². The van der Waals surface area contributed by atoms with Crippen molar-refractivity contribution in [1.82, 2.24) is 10.6 Å². The maximum absolute atomic E-state index is 11.9. The van der Waals surface area contributed by atoms with E-state index < -0.39 is 0 Å². The molecule has 1 heterocycles. The third-order valence-corrected chi connectivity index (χ3v) is 3.77. The monoisotopic (exact) mass is 276 g/mol. The first-order valence-corrected chi connectivity index (χ1v) is 7.38. The van der Waals surface area contributed by atoms with E-state index in [2.05, 4.69) is 10.6 Å². The van der Waals surface area contributed by atoms with Gasteiger partial charge in [0.15, 0.2) is 0 Å². The third kappa shape index (κ3) is 4.85. The van der Waals surface area contributed by atoms with Crippen LogP contribution in [0.5, 0.6) is 5.75 Å². The molecule has 0 aromatic heterocycles. The Morgan fingerprint density at radius 3 is 3.15 bits per heavy atom. The second-order valence-electron chi connectivity index (χ2n) is 5.38. The van der Waals surface area contributed by atoms with Crippen molar-refractivity contribution >= 4 is 5.91 Å². The van der Waals surface area contributed by atoms with Crippen molar-refractivity contribution < 1.29 is 9.53 Å². The number of nitrogens with one attached hydrogen (secondary N) is 2. The van der Waals surface area contributed by atoms with E-state index in [1.54, 1.807) is 7.11 Å². The first-order valence-electron chi connectivity index (χ1n) is 7.38. The molecular formula is C16H24N2O2. The SMILES string of the molecule is COc1cccc(CC(=O)NCCC2CCCNC2)c1. The summed E-state index contributed by atoms with van der Waals surface area (Å²) in [4.78, 5) is 11.9. The van der Waals surface area contributed by atoms with Gasteiger partial charge < -0.3 is 15.4 Å². The van der Waals surface area contributed by atoms with Gasteiger partial charge in [-0.3, -0.25) is 4.79 Å². The summed E-state index contributed by atoms with van der Waals surface area (Å²) in [7, 11) is 1.64. The fourth-order valence-corrected chi connectivity index (χ4v) is 2.62. The minimum absolute atomic E-state index is 0.0852. The molecule has 1 aliphatic rings. The molecular weight excluding hydrogens is 252 g/mol. The molecule has 110 valence electrons. The first kappa shape index (κ1) is 14.9. The van der Waals surface area contributed by atoms with Crippen LogP contribution < -0.4 is 15.4 Å². The summed E-state index contributed by atoms with van der Waals surface area (Å²) in [6.45, 7) is 3.00. The highest BCUT2D eigenvalue weighted by Crippen LogP contribution is 2.14. The lowest BCUT2D eigenvalue weighted by Gasteiger charge is -2.22. The Morgan fingerprint density at radius 1 is 1.50 bits per heavy atom. The molecule has 4 nitrogen and oxygen atoms in total. The number of hydrogen-bond acceptors (Lipinski definition) is 3. The van der Waals surface area contributed by atoms with E-state index in [9.17, 15) is 4.79 Å². The molecule has 1 unspecified atom stereocenters. The Balaban J connectivity index is 1.69. The minimum Gasteiger partial charge on any atom is -0.497 e. The molecule has 1 saturated heterocycles. The van der Waals surface area contributed by atoms with Gasteiger partial charge >= 0.3 is 0 Å². The largest absolute Gasteiger partial charge is 0.497 e. The normalized spacial score (nSPS) is 18.6. The summed E-state index contributed by atoms with van der Waals surface area (Å²) in [5, 5.41) is 6.41. The van der Waals surface area contributed by atoms with Crippen LogP contribution in [0.2, 0.25) is 0 Å². The van der Waals surface area contributed by atoms with Crippen LogP contribution in [0.4, 0.5) is 0 Å². The number of amides is 1. The maximum Gasteiger partial charge on any atom is 0.224 e. The second kappa shape index (κ2) is 7.90. The van der Waals surface area contributed by atoms with Crippen LogP contribution in [-0.2, 0) is 11.2 Å². The van der Waals surface area contributed by atoms with Crippen molar-refractivity contribution in [2.45, 2.75) is 25.7 Å². The summed E-state index contributed by atoms with van der Waals surface area (Å²) in [5.41, 5.74) is 0.987. The quantitative estimate of drug-likeness (QED) is 0.832. The number of ether oxygens (including phenoxy) is 1. The minimum atomic E-state index is 0.0852. The lowest BCUT2D eigenvalue weighted by Crippen LogP contribution is -2.33. The van der Waals surface area contributed by atoms with Crippen molar-refractivity contribution in [1.29, 1.82) is 0 Å². The highest BCUT2D eigenvalue weighted by Gasteiger charge is 2.12. The maximum atomic E-state index is 11.9. The molecule has 20 heavy (non-hydrogen) atoms. The number of carbonyl (C=O) groups excluding carboxylic acids is 1. The smallest absolute Gasteiger partial charge is 0.224 e. The second-order valence-corrected chi connectivity index (χ2v) is 5.38. The van der Waals surface area contributed by atoms with E-state index in [-0.39, 0.29) is 5.91 Å². The summed E-state index contributed by atoms with van der Waals surface area (Å²) >= 11 is 0. The molecule has 0 saturated carbocycles. The van der Waals surface area contributed by atoms with Crippen molar-refractivity contribution in [2.24, 2.45) is 5.92 Å². The van der Waals surface area contributed by atoms with Gasteiger partial charge in [-0.25, -0.2) is 0 Å². The highest BCUT2D eigenvalue weighted by molar-refractivity contribution is 5.78. The van der Waals surface area contributed by atoms with Crippen LogP contribution in [-0.4, -0.2) is 32.7 Å². The van der Waals surface area contributed by atoms with Gasteiger partial charge in [0.25, 0.3) is 0 Å². The van der Waals surface area contributed by atoms with Gasteiger partial charge in [0.1, 0.15) is 5.75 Å². The number of piperidine rings is 1. The fourth-order valence-electron chi connectivity index (χ4n) is 2.62. The Labute approximate surface area is 120 Å². The number of carbonyl (C=O) groups is 1. The number of hydrogen-bond donors (Lipinski definition) is 2. The van der Waals surface area contributed by atoms with Gasteiger partial charge in [-0.05, 0) is 56.0 Å². The van der Waals surface area contributed by atoms with Crippen molar-refractivity contribution in [3.63, 3.8) is 0 Å². The Bertz CT molecular complexity index is 428. The molecule has 0 spiro atoms. The number of methoxy groups -OCH3 is 1. The standard InChI is InChI=1S/C16H24N2O2/c1-20-15-6-2-4-14(10-15)11-16(19)18-9-7-13-5-3-8-17-12-13/h2,4,6,10,13,17H,3,5,7-9,11-12H2,1H3,(H,18,19). The summed E-state index contributed by atoms with van der Waals surface area (Å²) < 4.78 is 5.16. The fraction of sp³-hybridized carbons (Fsp3) is 0.562. The van der Waals surface area contributed by atoms with E-state index in [1.807, 2.05) is 24.3 Å². The molecule has 1 atom stereocenters. The van der Waals surface area contributed by atoms with Crippen molar-refractivity contribution in [3.8, 4) is 5.75 Å². The van der Waals surface area contributed by atoms with Gasteiger partial charge in [0, 0.05) is 6.54 Å². The Morgan fingerprint density at radius 2 is 2.40 bits per heavy atom. The lowest BCUT2D eigenvalue weighted by molar-refractivity contribution is -0.120. The predicted molar refractivity (Wildman–Crippen MR) is 79.9 cm³/mol. The predicted octanol–water partition coefficient (Wildman–Crippen LogP) is 1.74. The molecule has 0 aliphatic carbocycles. The van der Waals surface area contributed by atoms with Crippen LogP contribution >= 0.6 is 0 Å². The van der Waals surface area contributed by atoms with E-state index in [0.29, 0.717) is 12.3 Å². The summed E-state index contributed by atoms with van der Waals surface area (Å²) in [6, 6.07) is 7.66. The zero-order chi connectivity index (χ0) is 14.2. The van der Waals surface area contributed by atoms with E-state index in [1.165, 1.54) is 12.8 Å². The molecule has 1 aromatic carbocycles. The number of rotatable bonds is 6.